The third-order valence-corrected chi connectivity index (χ3v) is 7.09. The summed E-state index contributed by atoms with van der Waals surface area (Å²) in [7, 11) is 0. The molecule has 2 saturated heterocycles. The number of aliphatic hydroxyl groups is 1. The molecule has 12 heteroatoms. The summed E-state index contributed by atoms with van der Waals surface area (Å²) in [6.45, 7) is 3.75. The van der Waals surface area contributed by atoms with E-state index in [0.717, 1.165) is 37.4 Å². The second kappa shape index (κ2) is 20.4. The number of hydrogen-bond acceptors (Lipinski definition) is 6. The highest BCUT2D eigenvalue weighted by Crippen LogP contribution is 2.28. The molecule has 4 rings (SSSR count). The van der Waals surface area contributed by atoms with Crippen molar-refractivity contribution < 1.29 is 33.3 Å². The summed E-state index contributed by atoms with van der Waals surface area (Å²) in [5, 5.41) is 17.6. The molecule has 0 atom stereocenters. The molecule has 0 amide bonds. The Morgan fingerprint density at radius 2 is 1.28 bits per heavy atom. The van der Waals surface area contributed by atoms with Crippen molar-refractivity contribution in [2.24, 2.45) is 0 Å². The Kier molecular flexibility index (Phi) is 20.0. The van der Waals surface area contributed by atoms with Gasteiger partial charge in [0.15, 0.2) is 0 Å². The smallest absolute Gasteiger partial charge is 0.339 e. The number of carboxylic acids is 1. The lowest BCUT2D eigenvalue weighted by Gasteiger charge is -2.05. The molecule has 2 fully saturated rings. The number of benzene rings is 2. The van der Waals surface area contributed by atoms with Crippen LogP contribution in [0.4, 0.5) is 8.78 Å². The molecule has 2 aromatic rings. The molecule has 2 N–H and O–H groups in total. The van der Waals surface area contributed by atoms with E-state index in [1.807, 2.05) is 6.26 Å². The van der Waals surface area contributed by atoms with Crippen LogP contribution >= 0.6 is 55.4 Å². The first-order valence-electron chi connectivity index (χ1n) is 10.8. The summed E-state index contributed by atoms with van der Waals surface area (Å²) in [5.74, 6) is -2.32. The third-order valence-electron chi connectivity index (χ3n) is 4.60. The van der Waals surface area contributed by atoms with Crippen molar-refractivity contribution in [1.29, 1.82) is 0 Å². The zero-order chi connectivity index (χ0) is 26.2. The standard InChI is InChI=1S/C8H6BrFO2S.C8H8BrFOS.2C4H8O.B/c1-13-6-3-4(9)2-5(10)7(6)8(11)12;1-12-8-3-5(9)2-7(10)6(8)4-11;2*1-2-4-5-3-1;/h2-3H,1H3,(H,11,12);2-3,11H,4H2,1H3;2*1-4H2;. The van der Waals surface area contributed by atoms with Crippen molar-refractivity contribution in [3.05, 3.63) is 56.0 Å². The second-order valence-electron chi connectivity index (χ2n) is 7.14. The SMILES string of the molecule is C1CCOC1.C1CCOC1.CSc1cc(Br)cc(F)c1C(=O)O.CSc1cc(Br)cc(F)c1CO.[B]. The van der Waals surface area contributed by atoms with Gasteiger partial charge in [-0.15, -0.1) is 23.5 Å². The number of halogens is 4. The minimum atomic E-state index is -1.24. The number of carboxylic acid groups (broad SMARTS) is 1. The highest BCUT2D eigenvalue weighted by molar-refractivity contribution is 9.10. The average molecular weight is 671 g/mol. The van der Waals surface area contributed by atoms with Crippen LogP contribution in [-0.4, -0.2) is 63.5 Å². The van der Waals surface area contributed by atoms with Gasteiger partial charge in [0.1, 0.15) is 17.2 Å². The number of hydrogen-bond donors (Lipinski definition) is 2. The van der Waals surface area contributed by atoms with Crippen molar-refractivity contribution in [1.82, 2.24) is 0 Å². The minimum Gasteiger partial charge on any atom is -0.478 e. The van der Waals surface area contributed by atoms with Crippen molar-refractivity contribution in [3.8, 4) is 0 Å². The van der Waals surface area contributed by atoms with Gasteiger partial charge in [0.2, 0.25) is 0 Å². The quantitative estimate of drug-likeness (QED) is 0.267. The first kappa shape index (κ1) is 35.4. The molecule has 0 aliphatic carbocycles. The topological polar surface area (TPSA) is 76.0 Å². The zero-order valence-corrected chi connectivity index (χ0v) is 25.0. The molecule has 0 spiro atoms. The molecule has 199 valence electrons. The van der Waals surface area contributed by atoms with Crippen molar-refractivity contribution in [2.75, 3.05) is 38.9 Å². The van der Waals surface area contributed by atoms with E-state index in [-0.39, 0.29) is 26.4 Å². The van der Waals surface area contributed by atoms with E-state index in [0.29, 0.717) is 19.4 Å². The van der Waals surface area contributed by atoms with Crippen LogP contribution in [0.2, 0.25) is 0 Å². The van der Waals surface area contributed by atoms with Crippen molar-refractivity contribution in [3.63, 3.8) is 0 Å². The summed E-state index contributed by atoms with van der Waals surface area (Å²) < 4.78 is 37.3. The fourth-order valence-corrected chi connectivity index (χ4v) is 5.30. The van der Waals surface area contributed by atoms with Crippen LogP contribution < -0.4 is 0 Å². The van der Waals surface area contributed by atoms with E-state index in [2.05, 4.69) is 31.9 Å². The Hall–Kier alpha value is -0.625. The maximum atomic E-state index is 13.1. The molecule has 36 heavy (non-hydrogen) atoms. The highest BCUT2D eigenvalue weighted by atomic mass is 79.9. The summed E-state index contributed by atoms with van der Waals surface area (Å²) in [5.41, 5.74) is 0.0985. The number of thioether (sulfide) groups is 2. The van der Waals surface area contributed by atoms with Crippen molar-refractivity contribution >= 4 is 69.8 Å². The Labute approximate surface area is 238 Å². The predicted molar refractivity (Wildman–Crippen MR) is 151 cm³/mol. The maximum absolute atomic E-state index is 13.1. The molecular weight excluding hydrogens is 641 g/mol. The largest absolute Gasteiger partial charge is 0.478 e. The average Bonchev–Trinajstić information content (AvgIpc) is 3.57. The van der Waals surface area contributed by atoms with Gasteiger partial charge < -0.3 is 19.7 Å². The van der Waals surface area contributed by atoms with Gasteiger partial charge in [0.25, 0.3) is 0 Å². The van der Waals surface area contributed by atoms with Crippen LogP contribution in [0.25, 0.3) is 0 Å². The van der Waals surface area contributed by atoms with Crippen molar-refractivity contribution in [2.45, 2.75) is 42.1 Å². The molecule has 0 saturated carbocycles. The van der Waals surface area contributed by atoms with Crippen LogP contribution in [0.15, 0.2) is 43.0 Å². The van der Waals surface area contributed by atoms with Gasteiger partial charge in [-0.25, -0.2) is 13.6 Å². The number of carbonyl (C=O) groups is 1. The van der Waals surface area contributed by atoms with Crippen LogP contribution in [0.1, 0.15) is 41.6 Å². The van der Waals surface area contributed by atoms with Gasteiger partial charge in [-0.3, -0.25) is 0 Å². The van der Waals surface area contributed by atoms with Crippen LogP contribution in [0.5, 0.6) is 0 Å². The Morgan fingerprint density at radius 3 is 1.61 bits per heavy atom. The minimum absolute atomic E-state index is 0. The van der Waals surface area contributed by atoms with Crippen LogP contribution in [0.3, 0.4) is 0 Å². The Morgan fingerprint density at radius 1 is 0.861 bits per heavy atom. The first-order valence-corrected chi connectivity index (χ1v) is 14.8. The lowest BCUT2D eigenvalue weighted by molar-refractivity contribution is 0.0687. The Bertz CT molecular complexity index is 909. The van der Waals surface area contributed by atoms with E-state index >= 15 is 0 Å². The van der Waals surface area contributed by atoms with Gasteiger partial charge in [0, 0.05) is 59.1 Å². The summed E-state index contributed by atoms with van der Waals surface area (Å²) >= 11 is 8.89. The molecule has 2 aromatic carbocycles. The predicted octanol–water partition coefficient (Wildman–Crippen LogP) is 7.02. The van der Waals surface area contributed by atoms with Crippen LogP contribution in [-0.2, 0) is 16.1 Å². The second-order valence-corrected chi connectivity index (χ2v) is 10.7. The lowest BCUT2D eigenvalue weighted by Crippen LogP contribution is -2.02. The number of ether oxygens (including phenoxy) is 2. The molecule has 3 radical (unpaired) electrons. The molecule has 5 nitrogen and oxygen atoms in total. The lowest BCUT2D eigenvalue weighted by atomic mass is 10.2. The van der Waals surface area contributed by atoms with E-state index in [1.54, 1.807) is 18.4 Å². The Balaban J connectivity index is 0.000000486. The fourth-order valence-electron chi connectivity index (χ4n) is 2.85. The summed E-state index contributed by atoms with van der Waals surface area (Å²) in [6, 6.07) is 5.87. The normalized spacial score (nSPS) is 13.8. The van der Waals surface area contributed by atoms with E-state index < -0.39 is 11.8 Å². The zero-order valence-electron chi connectivity index (χ0n) is 20.2. The monoisotopic (exact) mass is 669 g/mol. The number of aliphatic hydroxyl groups excluding tert-OH is 1. The first-order chi connectivity index (χ1) is 16.7. The van der Waals surface area contributed by atoms with E-state index in [4.69, 9.17) is 19.7 Å². The highest BCUT2D eigenvalue weighted by Gasteiger charge is 2.16. The van der Waals surface area contributed by atoms with Gasteiger partial charge in [-0.2, -0.15) is 0 Å². The molecular formula is C24H30BBr2F2O5S2. The van der Waals surface area contributed by atoms with Gasteiger partial charge in [-0.1, -0.05) is 31.9 Å². The van der Waals surface area contributed by atoms with Gasteiger partial charge in [0.05, 0.1) is 6.61 Å². The van der Waals surface area contributed by atoms with E-state index in [1.165, 1.54) is 55.3 Å². The molecule has 0 unspecified atom stereocenters. The van der Waals surface area contributed by atoms with Gasteiger partial charge in [-0.05, 0) is 62.5 Å². The maximum Gasteiger partial charge on any atom is 0.339 e. The molecule has 0 aromatic heterocycles. The fraction of sp³-hybridized carbons (Fsp3) is 0.458. The molecule has 2 aliphatic rings. The summed E-state index contributed by atoms with van der Waals surface area (Å²) in [6.07, 6.45) is 8.66. The number of rotatable bonds is 4. The number of aromatic carboxylic acids is 1. The molecule has 0 bridgehead atoms. The molecule has 2 heterocycles. The third kappa shape index (κ3) is 13.3. The molecule has 2 aliphatic heterocycles. The van der Waals surface area contributed by atoms with E-state index in [9.17, 15) is 13.6 Å². The van der Waals surface area contributed by atoms with Gasteiger partial charge >= 0.3 is 5.97 Å². The summed E-state index contributed by atoms with van der Waals surface area (Å²) in [4.78, 5) is 11.8. The van der Waals surface area contributed by atoms with Crippen LogP contribution in [0, 0.1) is 11.6 Å².